The molecule has 4 heterocycles. The van der Waals surface area contributed by atoms with Crippen molar-refractivity contribution in [3.8, 4) is 0 Å². The third-order valence-corrected chi connectivity index (χ3v) is 7.35. The van der Waals surface area contributed by atoms with Crippen LogP contribution in [0.25, 0.3) is 0 Å². The minimum Gasteiger partial charge on any atom is -0.367 e. The molecule has 3 fully saturated rings. The third kappa shape index (κ3) is 4.47. The molecule has 1 atom stereocenters. The largest absolute Gasteiger partial charge is 0.367 e. The van der Waals surface area contributed by atoms with Gasteiger partial charge in [0.2, 0.25) is 11.8 Å². The molecular formula is C23H32FN5O2. The minimum atomic E-state index is -0.310. The van der Waals surface area contributed by atoms with E-state index in [4.69, 9.17) is 0 Å². The number of amides is 2. The van der Waals surface area contributed by atoms with Crippen LogP contribution in [0.3, 0.4) is 0 Å². The maximum absolute atomic E-state index is 15.0. The van der Waals surface area contributed by atoms with Crippen molar-refractivity contribution in [2.75, 3.05) is 50.7 Å². The molecule has 2 amide bonds. The second-order valence-corrected chi connectivity index (χ2v) is 9.43. The third-order valence-electron chi connectivity index (χ3n) is 7.35. The van der Waals surface area contributed by atoms with Crippen LogP contribution in [-0.4, -0.2) is 73.5 Å². The SMILES string of the molecule is O=C1CCC(N2Cc3cc(F)c(N4CCN(CC5CCNCC5)CC4)cc3C2)C(=O)N1. The topological polar surface area (TPSA) is 67.9 Å². The Morgan fingerprint density at radius 1 is 0.968 bits per heavy atom. The number of nitrogens with one attached hydrogen (secondary N) is 2. The van der Waals surface area contributed by atoms with Crippen LogP contribution in [0.2, 0.25) is 0 Å². The summed E-state index contributed by atoms with van der Waals surface area (Å²) in [6, 6.07) is 3.33. The lowest BCUT2D eigenvalue weighted by molar-refractivity contribution is -0.137. The highest BCUT2D eigenvalue weighted by molar-refractivity contribution is 6.00. The lowest BCUT2D eigenvalue weighted by Crippen LogP contribution is -2.50. The van der Waals surface area contributed by atoms with Crippen LogP contribution in [0.15, 0.2) is 12.1 Å². The highest BCUT2D eigenvalue weighted by Gasteiger charge is 2.35. The summed E-state index contributed by atoms with van der Waals surface area (Å²) in [5.41, 5.74) is 2.74. The first-order chi connectivity index (χ1) is 15.1. The maximum Gasteiger partial charge on any atom is 0.243 e. The van der Waals surface area contributed by atoms with Crippen molar-refractivity contribution >= 4 is 17.5 Å². The molecule has 3 saturated heterocycles. The van der Waals surface area contributed by atoms with Crippen molar-refractivity contribution < 1.29 is 14.0 Å². The number of rotatable bonds is 4. The molecule has 168 valence electrons. The number of hydrogen-bond donors (Lipinski definition) is 2. The molecule has 0 saturated carbocycles. The van der Waals surface area contributed by atoms with Gasteiger partial charge in [-0.05, 0) is 61.5 Å². The Kier molecular flexibility index (Phi) is 5.95. The van der Waals surface area contributed by atoms with Crippen LogP contribution in [-0.2, 0) is 22.7 Å². The monoisotopic (exact) mass is 429 g/mol. The van der Waals surface area contributed by atoms with E-state index in [9.17, 15) is 14.0 Å². The number of nitrogens with zero attached hydrogens (tertiary/aromatic N) is 3. The Morgan fingerprint density at radius 3 is 2.39 bits per heavy atom. The Morgan fingerprint density at radius 2 is 1.68 bits per heavy atom. The van der Waals surface area contributed by atoms with Gasteiger partial charge in [0, 0.05) is 52.2 Å². The van der Waals surface area contributed by atoms with Gasteiger partial charge in [-0.25, -0.2) is 4.39 Å². The van der Waals surface area contributed by atoms with Crippen molar-refractivity contribution in [1.29, 1.82) is 0 Å². The number of benzene rings is 1. The average Bonchev–Trinajstić information content (AvgIpc) is 3.17. The normalized spacial score (nSPS) is 26.2. The van der Waals surface area contributed by atoms with Gasteiger partial charge in [-0.15, -0.1) is 0 Å². The molecule has 4 aliphatic heterocycles. The number of anilines is 1. The Labute approximate surface area is 182 Å². The number of carbonyl (C=O) groups excluding carboxylic acids is 2. The molecule has 4 aliphatic rings. The molecule has 0 radical (unpaired) electrons. The van der Waals surface area contributed by atoms with Crippen molar-refractivity contribution in [2.24, 2.45) is 5.92 Å². The van der Waals surface area contributed by atoms with E-state index in [1.807, 2.05) is 6.07 Å². The summed E-state index contributed by atoms with van der Waals surface area (Å²) in [7, 11) is 0. The Hall–Kier alpha value is -2.03. The van der Waals surface area contributed by atoms with Crippen LogP contribution in [0, 0.1) is 11.7 Å². The van der Waals surface area contributed by atoms with Crippen molar-refractivity contribution in [1.82, 2.24) is 20.4 Å². The summed E-state index contributed by atoms with van der Waals surface area (Å²) >= 11 is 0. The second kappa shape index (κ2) is 8.84. The van der Waals surface area contributed by atoms with E-state index < -0.39 is 0 Å². The van der Waals surface area contributed by atoms with Crippen molar-refractivity contribution in [3.05, 3.63) is 29.1 Å². The summed E-state index contributed by atoms with van der Waals surface area (Å²) < 4.78 is 15.0. The van der Waals surface area contributed by atoms with Crippen LogP contribution in [0.1, 0.15) is 36.8 Å². The van der Waals surface area contributed by atoms with Crippen LogP contribution in [0.5, 0.6) is 0 Å². The van der Waals surface area contributed by atoms with Gasteiger partial charge in [0.1, 0.15) is 5.82 Å². The number of hydrogen-bond acceptors (Lipinski definition) is 6. The van der Waals surface area contributed by atoms with Gasteiger partial charge in [0.25, 0.3) is 0 Å². The zero-order chi connectivity index (χ0) is 21.4. The Balaban J connectivity index is 1.21. The fourth-order valence-electron chi connectivity index (χ4n) is 5.53. The fourth-order valence-corrected chi connectivity index (χ4v) is 5.53. The summed E-state index contributed by atoms with van der Waals surface area (Å²) in [5, 5.41) is 5.86. The highest BCUT2D eigenvalue weighted by atomic mass is 19.1. The van der Waals surface area contributed by atoms with Crippen molar-refractivity contribution in [3.63, 3.8) is 0 Å². The van der Waals surface area contributed by atoms with Gasteiger partial charge >= 0.3 is 0 Å². The van der Waals surface area contributed by atoms with Crippen LogP contribution in [0.4, 0.5) is 10.1 Å². The van der Waals surface area contributed by atoms with Gasteiger partial charge in [-0.1, -0.05) is 0 Å². The summed E-state index contributed by atoms with van der Waals surface area (Å²) in [4.78, 5) is 30.4. The molecule has 0 bridgehead atoms. The minimum absolute atomic E-state index is 0.171. The fraction of sp³-hybridized carbons (Fsp3) is 0.652. The molecule has 0 aliphatic carbocycles. The first-order valence-corrected chi connectivity index (χ1v) is 11.6. The smallest absolute Gasteiger partial charge is 0.243 e. The van der Waals surface area contributed by atoms with Gasteiger partial charge in [0.05, 0.1) is 11.7 Å². The van der Waals surface area contributed by atoms with Gasteiger partial charge in [-0.2, -0.15) is 0 Å². The predicted octanol–water partition coefficient (Wildman–Crippen LogP) is 1.07. The van der Waals surface area contributed by atoms with Crippen LogP contribution >= 0.6 is 0 Å². The van der Waals surface area contributed by atoms with E-state index in [2.05, 4.69) is 25.3 Å². The zero-order valence-electron chi connectivity index (χ0n) is 18.0. The van der Waals surface area contributed by atoms with E-state index >= 15 is 0 Å². The summed E-state index contributed by atoms with van der Waals surface area (Å²) in [5.74, 6) is 0.179. The molecule has 1 aromatic rings. The number of piperidine rings is 2. The number of imide groups is 1. The lowest BCUT2D eigenvalue weighted by atomic mass is 9.97. The Bertz CT molecular complexity index is 849. The maximum atomic E-state index is 15.0. The van der Waals surface area contributed by atoms with E-state index in [-0.39, 0.29) is 23.7 Å². The predicted molar refractivity (Wildman–Crippen MR) is 116 cm³/mol. The molecule has 1 unspecified atom stereocenters. The van der Waals surface area contributed by atoms with Gasteiger partial charge in [0.15, 0.2) is 0 Å². The standard InChI is InChI=1S/C23H32FN5O2/c24-19-11-17-14-29(20-1-2-22(30)26-23(20)31)15-18(17)12-21(19)28-9-7-27(8-10-28)13-16-3-5-25-6-4-16/h11-12,16,20,25H,1-10,13-15H2,(H,26,30,31). The molecule has 2 N–H and O–H groups in total. The van der Waals surface area contributed by atoms with Crippen molar-refractivity contribution in [2.45, 2.75) is 44.8 Å². The summed E-state index contributed by atoms with van der Waals surface area (Å²) in [6.07, 6.45) is 3.41. The van der Waals surface area contributed by atoms with Gasteiger partial charge < -0.3 is 10.2 Å². The molecule has 8 heteroatoms. The van der Waals surface area contributed by atoms with E-state index in [1.54, 1.807) is 6.07 Å². The molecule has 5 rings (SSSR count). The average molecular weight is 430 g/mol. The quantitative estimate of drug-likeness (QED) is 0.698. The molecular weight excluding hydrogens is 397 g/mol. The van der Waals surface area contributed by atoms with E-state index in [0.29, 0.717) is 31.6 Å². The highest BCUT2D eigenvalue weighted by Crippen LogP contribution is 2.33. The molecule has 0 spiro atoms. The van der Waals surface area contributed by atoms with E-state index in [1.165, 1.54) is 12.8 Å². The molecule has 31 heavy (non-hydrogen) atoms. The molecule has 7 nitrogen and oxygen atoms in total. The van der Waals surface area contributed by atoms with Gasteiger partial charge in [-0.3, -0.25) is 24.7 Å². The second-order valence-electron chi connectivity index (χ2n) is 9.43. The van der Waals surface area contributed by atoms with E-state index in [0.717, 1.165) is 62.9 Å². The summed E-state index contributed by atoms with van der Waals surface area (Å²) in [6.45, 7) is 8.24. The molecule has 0 aromatic heterocycles. The first kappa shape index (κ1) is 20.8. The zero-order valence-corrected chi connectivity index (χ0v) is 18.0. The number of piperazine rings is 1. The van der Waals surface area contributed by atoms with Crippen LogP contribution < -0.4 is 15.5 Å². The first-order valence-electron chi connectivity index (χ1n) is 11.6. The number of carbonyl (C=O) groups is 2. The lowest BCUT2D eigenvalue weighted by Gasteiger charge is -2.38. The number of fused-ring (bicyclic) bond motifs is 1. The molecule has 1 aromatic carbocycles. The number of halogens is 1.